The van der Waals surface area contributed by atoms with Crippen LogP contribution in [0.1, 0.15) is 25.8 Å². The number of benzene rings is 1. The first-order valence-electron chi connectivity index (χ1n) is 7.20. The van der Waals surface area contributed by atoms with Gasteiger partial charge in [-0.3, -0.25) is 0 Å². The molecule has 110 valence electrons. The maximum Gasteiger partial charge on any atom is 0.222 e. The normalized spacial score (nSPS) is 12.1. The van der Waals surface area contributed by atoms with E-state index in [1.165, 1.54) is 0 Å². The summed E-state index contributed by atoms with van der Waals surface area (Å²) < 4.78 is 0. The van der Waals surface area contributed by atoms with Gasteiger partial charge in [0.05, 0.1) is 5.52 Å². The Morgan fingerprint density at radius 2 is 2.19 bits per heavy atom. The third-order valence-electron chi connectivity index (χ3n) is 3.32. The molecular weight excluding hydrogens is 260 g/mol. The molecule has 2 aromatic rings. The van der Waals surface area contributed by atoms with Crippen LogP contribution in [0.3, 0.4) is 0 Å². The molecule has 0 aliphatic rings. The number of aromatic nitrogens is 2. The SMILES string of the molecule is C/C=C(/c1ccc2cnc(NC)nc2c1)N(C)/C=C/CC. The maximum atomic E-state index is 4.51. The van der Waals surface area contributed by atoms with Gasteiger partial charge < -0.3 is 10.2 Å². The Hall–Kier alpha value is -2.36. The summed E-state index contributed by atoms with van der Waals surface area (Å²) in [6, 6.07) is 6.27. The largest absolute Gasteiger partial charge is 0.357 e. The highest BCUT2D eigenvalue weighted by atomic mass is 15.1. The van der Waals surface area contributed by atoms with Gasteiger partial charge in [-0.2, -0.15) is 0 Å². The molecule has 0 aliphatic heterocycles. The molecule has 4 heteroatoms. The lowest BCUT2D eigenvalue weighted by Crippen LogP contribution is -2.09. The number of nitrogens with zero attached hydrogens (tertiary/aromatic N) is 3. The highest BCUT2D eigenvalue weighted by Crippen LogP contribution is 2.22. The second-order valence-corrected chi connectivity index (χ2v) is 4.80. The Labute approximate surface area is 126 Å². The summed E-state index contributed by atoms with van der Waals surface area (Å²) in [4.78, 5) is 10.9. The summed E-state index contributed by atoms with van der Waals surface area (Å²) in [7, 11) is 3.89. The van der Waals surface area contributed by atoms with Crippen molar-refractivity contribution in [1.29, 1.82) is 0 Å². The van der Waals surface area contributed by atoms with Gasteiger partial charge >= 0.3 is 0 Å². The predicted molar refractivity (Wildman–Crippen MR) is 89.9 cm³/mol. The fourth-order valence-electron chi connectivity index (χ4n) is 2.22. The van der Waals surface area contributed by atoms with E-state index in [-0.39, 0.29) is 0 Å². The van der Waals surface area contributed by atoms with Gasteiger partial charge in [0.2, 0.25) is 5.95 Å². The molecule has 0 radical (unpaired) electrons. The molecule has 0 spiro atoms. The molecule has 0 fully saturated rings. The number of hydrogen-bond donors (Lipinski definition) is 1. The minimum atomic E-state index is 0.640. The number of allylic oxidation sites excluding steroid dienone is 2. The highest BCUT2D eigenvalue weighted by molar-refractivity contribution is 5.83. The van der Waals surface area contributed by atoms with Crippen molar-refractivity contribution in [2.75, 3.05) is 19.4 Å². The molecule has 4 nitrogen and oxygen atoms in total. The average Bonchev–Trinajstić information content (AvgIpc) is 2.52. The third-order valence-corrected chi connectivity index (χ3v) is 3.32. The minimum absolute atomic E-state index is 0.640. The molecule has 0 unspecified atom stereocenters. The second kappa shape index (κ2) is 6.88. The molecule has 1 aromatic heterocycles. The summed E-state index contributed by atoms with van der Waals surface area (Å²) in [5.41, 5.74) is 3.25. The summed E-state index contributed by atoms with van der Waals surface area (Å²) in [6.07, 6.45) is 9.22. The van der Waals surface area contributed by atoms with Crippen LogP contribution in [0.2, 0.25) is 0 Å². The van der Waals surface area contributed by atoms with Gasteiger partial charge in [-0.05, 0) is 31.2 Å². The molecule has 0 bridgehead atoms. The molecule has 0 aliphatic carbocycles. The molecule has 0 atom stereocenters. The first kappa shape index (κ1) is 15.0. The van der Waals surface area contributed by atoms with Gasteiger partial charge in [-0.15, -0.1) is 0 Å². The van der Waals surface area contributed by atoms with Gasteiger partial charge in [0.25, 0.3) is 0 Å². The topological polar surface area (TPSA) is 41.1 Å². The molecule has 0 saturated heterocycles. The van der Waals surface area contributed by atoms with Crippen LogP contribution in [0.25, 0.3) is 16.6 Å². The average molecular weight is 282 g/mol. The van der Waals surface area contributed by atoms with Crippen LogP contribution in [0.5, 0.6) is 0 Å². The number of nitrogens with one attached hydrogen (secondary N) is 1. The van der Waals surface area contributed by atoms with Crippen molar-refractivity contribution in [3.63, 3.8) is 0 Å². The molecular formula is C17H22N4. The lowest BCUT2D eigenvalue weighted by molar-refractivity contribution is 0.651. The fraction of sp³-hybridized carbons (Fsp3) is 0.294. The molecule has 1 N–H and O–H groups in total. The van der Waals surface area contributed by atoms with Crippen LogP contribution in [-0.4, -0.2) is 29.0 Å². The number of rotatable bonds is 5. The van der Waals surface area contributed by atoms with Crippen molar-refractivity contribution in [3.05, 3.63) is 48.3 Å². The number of hydrogen-bond acceptors (Lipinski definition) is 4. The van der Waals surface area contributed by atoms with Crippen LogP contribution in [0, 0.1) is 0 Å². The van der Waals surface area contributed by atoms with E-state index in [9.17, 15) is 0 Å². The summed E-state index contributed by atoms with van der Waals surface area (Å²) >= 11 is 0. The van der Waals surface area contributed by atoms with E-state index in [1.807, 2.05) is 13.2 Å². The summed E-state index contributed by atoms with van der Waals surface area (Å²) in [5.74, 6) is 0.640. The summed E-state index contributed by atoms with van der Waals surface area (Å²) in [6.45, 7) is 4.18. The zero-order valence-electron chi connectivity index (χ0n) is 13.1. The Morgan fingerprint density at radius 1 is 1.38 bits per heavy atom. The van der Waals surface area contributed by atoms with E-state index in [4.69, 9.17) is 0 Å². The Morgan fingerprint density at radius 3 is 2.86 bits per heavy atom. The Balaban J connectivity index is 2.42. The van der Waals surface area contributed by atoms with E-state index >= 15 is 0 Å². The number of anilines is 1. The van der Waals surface area contributed by atoms with Crippen LogP contribution in [0.4, 0.5) is 5.95 Å². The third kappa shape index (κ3) is 3.40. The van der Waals surface area contributed by atoms with Crippen molar-refractivity contribution >= 4 is 22.5 Å². The first-order valence-corrected chi connectivity index (χ1v) is 7.20. The van der Waals surface area contributed by atoms with E-state index < -0.39 is 0 Å². The quantitative estimate of drug-likeness (QED) is 0.903. The lowest BCUT2D eigenvalue weighted by atomic mass is 10.1. The van der Waals surface area contributed by atoms with Gasteiger partial charge in [0.15, 0.2) is 0 Å². The Bertz CT molecular complexity index is 674. The van der Waals surface area contributed by atoms with Gasteiger partial charge in [-0.1, -0.05) is 31.2 Å². The predicted octanol–water partition coefficient (Wildman–Crippen LogP) is 3.89. The van der Waals surface area contributed by atoms with Crippen molar-refractivity contribution in [3.8, 4) is 0 Å². The van der Waals surface area contributed by atoms with Crippen molar-refractivity contribution < 1.29 is 0 Å². The monoisotopic (exact) mass is 282 g/mol. The standard InChI is InChI=1S/C17H22N4/c1-5-7-10-21(4)16(6-2)13-8-9-14-12-19-17(18-3)20-15(14)11-13/h6-12H,5H2,1-4H3,(H,18,19,20)/b10-7+,16-6-. The zero-order chi connectivity index (χ0) is 15.2. The molecule has 1 heterocycles. The highest BCUT2D eigenvalue weighted by Gasteiger charge is 2.06. The molecule has 0 amide bonds. The van der Waals surface area contributed by atoms with Gasteiger partial charge in [0.1, 0.15) is 0 Å². The van der Waals surface area contributed by atoms with Gasteiger partial charge in [-0.25, -0.2) is 9.97 Å². The Kier molecular flexibility index (Phi) is 4.93. The minimum Gasteiger partial charge on any atom is -0.357 e. The van der Waals surface area contributed by atoms with E-state index in [1.54, 1.807) is 0 Å². The molecule has 2 rings (SSSR count). The van der Waals surface area contributed by atoms with E-state index in [0.29, 0.717) is 5.95 Å². The van der Waals surface area contributed by atoms with Crippen molar-refractivity contribution in [2.45, 2.75) is 20.3 Å². The zero-order valence-corrected chi connectivity index (χ0v) is 13.1. The fourth-order valence-corrected chi connectivity index (χ4v) is 2.22. The van der Waals surface area contributed by atoms with Crippen LogP contribution < -0.4 is 5.32 Å². The molecule has 0 saturated carbocycles. The molecule has 1 aromatic carbocycles. The smallest absolute Gasteiger partial charge is 0.222 e. The van der Waals surface area contributed by atoms with Crippen LogP contribution >= 0.6 is 0 Å². The van der Waals surface area contributed by atoms with Gasteiger partial charge in [0, 0.05) is 31.4 Å². The maximum absolute atomic E-state index is 4.51. The second-order valence-electron chi connectivity index (χ2n) is 4.80. The summed E-state index contributed by atoms with van der Waals surface area (Å²) in [5, 5.41) is 4.02. The molecule has 21 heavy (non-hydrogen) atoms. The number of fused-ring (bicyclic) bond motifs is 1. The lowest BCUT2D eigenvalue weighted by Gasteiger charge is -2.19. The first-order chi connectivity index (χ1) is 10.2. The van der Waals surface area contributed by atoms with Crippen LogP contribution in [-0.2, 0) is 0 Å². The van der Waals surface area contributed by atoms with E-state index in [2.05, 4.69) is 77.6 Å². The van der Waals surface area contributed by atoms with Crippen molar-refractivity contribution in [1.82, 2.24) is 14.9 Å². The van der Waals surface area contributed by atoms with Crippen molar-refractivity contribution in [2.24, 2.45) is 0 Å². The van der Waals surface area contributed by atoms with Crippen LogP contribution in [0.15, 0.2) is 42.7 Å². The van der Waals surface area contributed by atoms with E-state index in [0.717, 1.165) is 28.6 Å².